The summed E-state index contributed by atoms with van der Waals surface area (Å²) in [7, 11) is 1.67. The van der Waals surface area contributed by atoms with Gasteiger partial charge in [0.05, 0.1) is 38.1 Å². The molecule has 0 bridgehead atoms. The van der Waals surface area contributed by atoms with E-state index in [-0.39, 0.29) is 6.10 Å². The van der Waals surface area contributed by atoms with Crippen molar-refractivity contribution < 1.29 is 14.2 Å². The number of rotatable bonds is 10. The van der Waals surface area contributed by atoms with E-state index in [4.69, 9.17) is 14.2 Å². The second kappa shape index (κ2) is 13.9. The SMILES string of the molecule is COc1cc(N2CCC(N3CCOCC3)CC2)ccc1Nc1ncc(-c2ccc(C#N)c(O[C@@H](C)Cn3nnnc3C)c2)cn1. The number of nitrogens with one attached hydrogen (secondary N) is 1. The molecule has 0 amide bonds. The Morgan fingerprint density at radius 3 is 2.49 bits per heavy atom. The Hall–Kier alpha value is -4.80. The van der Waals surface area contributed by atoms with E-state index in [1.807, 2.05) is 32.0 Å². The molecule has 0 spiro atoms. The number of nitriles is 1. The fraction of sp³-hybridized carbons (Fsp3) is 0.438. The molecule has 4 aromatic rings. The number of methoxy groups -OCH3 is 1. The first kappa shape index (κ1) is 30.2. The lowest BCUT2D eigenvalue weighted by Crippen LogP contribution is -2.49. The van der Waals surface area contributed by atoms with Crippen LogP contribution in [0.25, 0.3) is 11.1 Å². The number of piperidine rings is 1. The van der Waals surface area contributed by atoms with Crippen molar-refractivity contribution in [1.29, 1.82) is 5.26 Å². The highest BCUT2D eigenvalue weighted by Crippen LogP contribution is 2.34. The highest BCUT2D eigenvalue weighted by atomic mass is 16.5. The van der Waals surface area contributed by atoms with Crippen LogP contribution in [-0.4, -0.2) is 93.7 Å². The minimum atomic E-state index is -0.263. The number of hydrogen-bond donors (Lipinski definition) is 1. The lowest BCUT2D eigenvalue weighted by Gasteiger charge is -2.40. The molecule has 1 atom stereocenters. The second-order valence-corrected chi connectivity index (χ2v) is 11.3. The average molecular weight is 611 g/mol. The molecular weight excluding hydrogens is 572 g/mol. The molecule has 2 aromatic heterocycles. The molecule has 1 N–H and O–H groups in total. The number of aryl methyl sites for hydroxylation is 1. The molecule has 13 heteroatoms. The largest absolute Gasteiger partial charge is 0.494 e. The van der Waals surface area contributed by atoms with Gasteiger partial charge in [-0.25, -0.2) is 14.6 Å². The summed E-state index contributed by atoms with van der Waals surface area (Å²) < 4.78 is 19.1. The van der Waals surface area contributed by atoms with Crippen molar-refractivity contribution in [3.8, 4) is 28.7 Å². The Balaban J connectivity index is 1.10. The molecule has 13 nitrogen and oxygen atoms in total. The molecule has 0 saturated carbocycles. The number of nitrogens with zero attached hydrogens (tertiary/aromatic N) is 9. The maximum absolute atomic E-state index is 9.64. The van der Waals surface area contributed by atoms with Gasteiger partial charge >= 0.3 is 0 Å². The number of benzene rings is 2. The van der Waals surface area contributed by atoms with Gasteiger partial charge in [0.15, 0.2) is 0 Å². The molecular formula is C32H38N10O3. The topological polar surface area (TPSA) is 139 Å². The van der Waals surface area contributed by atoms with Crippen molar-refractivity contribution in [2.24, 2.45) is 0 Å². The number of tetrazole rings is 1. The van der Waals surface area contributed by atoms with Gasteiger partial charge in [0, 0.05) is 61.9 Å². The van der Waals surface area contributed by atoms with Crippen LogP contribution in [0.5, 0.6) is 11.5 Å². The monoisotopic (exact) mass is 610 g/mol. The zero-order valence-corrected chi connectivity index (χ0v) is 25.9. The van der Waals surface area contributed by atoms with Crippen molar-refractivity contribution >= 4 is 17.3 Å². The number of hydrogen-bond acceptors (Lipinski definition) is 12. The Kier molecular flexibility index (Phi) is 9.33. The third kappa shape index (κ3) is 7.13. The van der Waals surface area contributed by atoms with E-state index in [9.17, 15) is 5.26 Å². The first-order chi connectivity index (χ1) is 22.0. The highest BCUT2D eigenvalue weighted by molar-refractivity contribution is 5.70. The van der Waals surface area contributed by atoms with Gasteiger partial charge in [0.1, 0.15) is 29.5 Å². The van der Waals surface area contributed by atoms with E-state index in [1.165, 1.54) is 0 Å². The number of aromatic nitrogens is 6. The van der Waals surface area contributed by atoms with Crippen molar-refractivity contribution in [2.75, 3.05) is 56.7 Å². The quantitative estimate of drug-likeness (QED) is 0.279. The van der Waals surface area contributed by atoms with E-state index in [0.717, 1.165) is 80.5 Å². The van der Waals surface area contributed by atoms with Crippen LogP contribution < -0.4 is 19.7 Å². The molecule has 6 rings (SSSR count). The van der Waals surface area contributed by atoms with Gasteiger partial charge < -0.3 is 24.4 Å². The van der Waals surface area contributed by atoms with Gasteiger partial charge in [-0.05, 0) is 66.9 Å². The predicted molar refractivity (Wildman–Crippen MR) is 169 cm³/mol. The third-order valence-corrected chi connectivity index (χ3v) is 8.38. The molecule has 4 heterocycles. The molecule has 234 valence electrons. The zero-order valence-electron chi connectivity index (χ0n) is 25.9. The standard InChI is InChI=1S/C32H38N10O3/c1-22(21-42-23(2)37-38-39-42)45-30-16-24(4-5-25(30)18-33)26-19-34-32(35-20-26)36-29-7-6-28(17-31(29)43-3)40-10-8-27(9-11-40)41-12-14-44-15-13-41/h4-7,16-17,19-20,22,27H,8-15,21H2,1-3H3,(H,34,35,36)/t22-/m0/s1. The van der Waals surface area contributed by atoms with Crippen LogP contribution in [0.3, 0.4) is 0 Å². The van der Waals surface area contributed by atoms with Crippen LogP contribution >= 0.6 is 0 Å². The number of anilines is 3. The lowest BCUT2D eigenvalue weighted by molar-refractivity contribution is 0.0115. The van der Waals surface area contributed by atoms with Crippen molar-refractivity contribution in [3.63, 3.8) is 0 Å². The molecule has 45 heavy (non-hydrogen) atoms. The molecule has 0 unspecified atom stereocenters. The van der Waals surface area contributed by atoms with E-state index in [1.54, 1.807) is 30.3 Å². The maximum Gasteiger partial charge on any atom is 0.227 e. The van der Waals surface area contributed by atoms with Gasteiger partial charge in [0.25, 0.3) is 0 Å². The van der Waals surface area contributed by atoms with Gasteiger partial charge in [-0.3, -0.25) is 4.90 Å². The third-order valence-electron chi connectivity index (χ3n) is 8.38. The summed E-state index contributed by atoms with van der Waals surface area (Å²) >= 11 is 0. The smallest absolute Gasteiger partial charge is 0.227 e. The van der Waals surface area contributed by atoms with Gasteiger partial charge in [-0.15, -0.1) is 5.10 Å². The summed E-state index contributed by atoms with van der Waals surface area (Å²) in [6.45, 7) is 9.98. The first-order valence-corrected chi connectivity index (χ1v) is 15.3. The molecule has 2 aromatic carbocycles. The normalized spacial score (nSPS) is 16.6. The van der Waals surface area contributed by atoms with Crippen molar-refractivity contribution in [3.05, 3.63) is 60.2 Å². The minimum absolute atomic E-state index is 0.263. The van der Waals surface area contributed by atoms with Gasteiger partial charge in [0.2, 0.25) is 5.95 Å². The lowest BCUT2D eigenvalue weighted by atomic mass is 10.0. The Labute approximate surface area is 262 Å². The number of ether oxygens (including phenoxy) is 3. The van der Waals surface area contributed by atoms with Crippen LogP contribution in [0.15, 0.2) is 48.8 Å². The minimum Gasteiger partial charge on any atom is -0.494 e. The molecule has 0 aliphatic carbocycles. The van der Waals surface area contributed by atoms with Crippen LogP contribution in [-0.2, 0) is 11.3 Å². The zero-order chi connectivity index (χ0) is 31.2. The van der Waals surface area contributed by atoms with Gasteiger partial charge in [-0.2, -0.15) is 5.26 Å². The fourth-order valence-electron chi connectivity index (χ4n) is 5.88. The Bertz CT molecular complexity index is 1620. The van der Waals surface area contributed by atoms with Crippen LogP contribution in [0.2, 0.25) is 0 Å². The average Bonchev–Trinajstić information content (AvgIpc) is 3.49. The van der Waals surface area contributed by atoms with Crippen LogP contribution in [0.4, 0.5) is 17.3 Å². The Morgan fingerprint density at radius 1 is 1.02 bits per heavy atom. The number of morpholine rings is 1. The van der Waals surface area contributed by atoms with E-state index in [2.05, 4.69) is 58.8 Å². The second-order valence-electron chi connectivity index (χ2n) is 11.3. The maximum atomic E-state index is 9.64. The van der Waals surface area contributed by atoms with E-state index < -0.39 is 0 Å². The predicted octanol–water partition coefficient (Wildman–Crippen LogP) is 3.83. The van der Waals surface area contributed by atoms with Crippen molar-refractivity contribution in [1.82, 2.24) is 35.1 Å². The molecule has 2 aliphatic rings. The Morgan fingerprint density at radius 2 is 1.80 bits per heavy atom. The van der Waals surface area contributed by atoms with Crippen molar-refractivity contribution in [2.45, 2.75) is 45.4 Å². The summed E-state index contributed by atoms with van der Waals surface area (Å²) in [6.07, 6.45) is 5.52. The molecule has 2 saturated heterocycles. The highest BCUT2D eigenvalue weighted by Gasteiger charge is 2.26. The van der Waals surface area contributed by atoms with Gasteiger partial charge in [-0.1, -0.05) is 6.07 Å². The summed E-state index contributed by atoms with van der Waals surface area (Å²) in [5, 5.41) is 24.5. The summed E-state index contributed by atoms with van der Waals surface area (Å²) in [4.78, 5) is 14.1. The molecule has 2 aliphatic heterocycles. The van der Waals surface area contributed by atoms with E-state index in [0.29, 0.717) is 35.7 Å². The van der Waals surface area contributed by atoms with Crippen LogP contribution in [0.1, 0.15) is 31.2 Å². The summed E-state index contributed by atoms with van der Waals surface area (Å²) in [5.74, 6) is 2.35. The summed E-state index contributed by atoms with van der Waals surface area (Å²) in [5.41, 5.74) is 4.01. The fourth-order valence-corrected chi connectivity index (χ4v) is 5.88. The molecule has 2 fully saturated rings. The summed E-state index contributed by atoms with van der Waals surface area (Å²) in [6, 6.07) is 14.5. The van der Waals surface area contributed by atoms with E-state index >= 15 is 0 Å². The van der Waals surface area contributed by atoms with Crippen LogP contribution in [0, 0.1) is 18.3 Å². The molecule has 0 radical (unpaired) electrons. The first-order valence-electron chi connectivity index (χ1n) is 15.3.